The van der Waals surface area contributed by atoms with E-state index >= 15 is 0 Å². The molecule has 1 N–H and O–H groups in total. The van der Waals surface area contributed by atoms with Gasteiger partial charge in [-0.15, -0.1) is 11.8 Å². The Balaban J connectivity index is 1.78. The SMILES string of the molecule is Cc1cccc(NC(=O)[C@@H]2CSCN2C(=O)c2ccoc2C)c1C. The summed E-state index contributed by atoms with van der Waals surface area (Å²) in [6, 6.07) is 6.99. The highest BCUT2D eigenvalue weighted by Crippen LogP contribution is 2.26. The van der Waals surface area contributed by atoms with E-state index in [1.807, 2.05) is 32.0 Å². The molecule has 2 heterocycles. The van der Waals surface area contributed by atoms with E-state index in [0.29, 0.717) is 23.0 Å². The molecule has 1 aromatic heterocycles. The minimum Gasteiger partial charge on any atom is -0.469 e. The Morgan fingerprint density at radius 1 is 1.25 bits per heavy atom. The predicted molar refractivity (Wildman–Crippen MR) is 95.3 cm³/mol. The van der Waals surface area contributed by atoms with Gasteiger partial charge in [0.1, 0.15) is 11.8 Å². The molecule has 1 saturated heterocycles. The molecular weight excluding hydrogens is 324 g/mol. The lowest BCUT2D eigenvalue weighted by molar-refractivity contribution is -0.119. The standard InChI is InChI=1S/C18H20N2O3S/c1-11-5-4-6-15(12(11)2)19-17(21)16-9-24-10-20(16)18(22)14-7-8-23-13(14)3/h4-8,16H,9-10H2,1-3H3,(H,19,21)/t16-/m0/s1. The number of hydrogen-bond acceptors (Lipinski definition) is 4. The smallest absolute Gasteiger partial charge is 0.258 e. The average Bonchev–Trinajstić information content (AvgIpc) is 3.20. The molecule has 1 fully saturated rings. The van der Waals surface area contributed by atoms with Crippen LogP contribution in [0.3, 0.4) is 0 Å². The molecule has 1 aliphatic heterocycles. The van der Waals surface area contributed by atoms with Gasteiger partial charge in [0.15, 0.2) is 0 Å². The van der Waals surface area contributed by atoms with E-state index in [1.165, 1.54) is 6.26 Å². The minimum atomic E-state index is -0.475. The first kappa shape index (κ1) is 16.6. The van der Waals surface area contributed by atoms with Crippen molar-refractivity contribution in [3.8, 4) is 0 Å². The molecule has 24 heavy (non-hydrogen) atoms. The molecule has 126 valence electrons. The summed E-state index contributed by atoms with van der Waals surface area (Å²) in [5.41, 5.74) is 3.47. The van der Waals surface area contributed by atoms with Gasteiger partial charge in [0, 0.05) is 11.4 Å². The van der Waals surface area contributed by atoms with Gasteiger partial charge in [-0.3, -0.25) is 9.59 Å². The molecule has 0 radical (unpaired) electrons. The van der Waals surface area contributed by atoms with Gasteiger partial charge in [-0.25, -0.2) is 0 Å². The molecule has 2 amide bonds. The van der Waals surface area contributed by atoms with E-state index in [1.54, 1.807) is 29.7 Å². The molecule has 0 unspecified atom stereocenters. The molecule has 1 aliphatic rings. The van der Waals surface area contributed by atoms with Gasteiger partial charge in [0.05, 0.1) is 17.7 Å². The second-order valence-electron chi connectivity index (χ2n) is 5.92. The third-order valence-corrected chi connectivity index (χ3v) is 5.41. The Bertz CT molecular complexity index is 784. The second kappa shape index (κ2) is 6.73. The summed E-state index contributed by atoms with van der Waals surface area (Å²) >= 11 is 1.58. The number of carbonyl (C=O) groups excluding carboxylic acids is 2. The summed E-state index contributed by atoms with van der Waals surface area (Å²) in [6.45, 7) is 5.74. The zero-order valence-corrected chi connectivity index (χ0v) is 14.8. The average molecular weight is 344 g/mol. The van der Waals surface area contributed by atoms with Crippen LogP contribution >= 0.6 is 11.8 Å². The number of amides is 2. The van der Waals surface area contributed by atoms with Gasteiger partial charge in [0.25, 0.3) is 5.91 Å². The summed E-state index contributed by atoms with van der Waals surface area (Å²) < 4.78 is 5.21. The number of carbonyl (C=O) groups is 2. The molecule has 5 nitrogen and oxygen atoms in total. The van der Waals surface area contributed by atoms with Crippen molar-refractivity contribution in [1.29, 1.82) is 0 Å². The number of furan rings is 1. The van der Waals surface area contributed by atoms with Crippen molar-refractivity contribution >= 4 is 29.3 Å². The van der Waals surface area contributed by atoms with Crippen LogP contribution in [0.4, 0.5) is 5.69 Å². The maximum Gasteiger partial charge on any atom is 0.258 e. The number of aryl methyl sites for hydroxylation is 2. The number of nitrogens with one attached hydrogen (secondary N) is 1. The Morgan fingerprint density at radius 3 is 2.75 bits per heavy atom. The highest BCUT2D eigenvalue weighted by atomic mass is 32.2. The maximum atomic E-state index is 12.7. The fourth-order valence-electron chi connectivity index (χ4n) is 2.72. The van der Waals surface area contributed by atoms with Crippen LogP contribution in [0.5, 0.6) is 0 Å². The van der Waals surface area contributed by atoms with Gasteiger partial charge >= 0.3 is 0 Å². The topological polar surface area (TPSA) is 62.6 Å². The van der Waals surface area contributed by atoms with E-state index in [4.69, 9.17) is 4.42 Å². The van der Waals surface area contributed by atoms with Crippen molar-refractivity contribution in [2.45, 2.75) is 26.8 Å². The summed E-state index contributed by atoms with van der Waals surface area (Å²) in [6.07, 6.45) is 1.50. The first-order chi connectivity index (χ1) is 11.5. The summed E-state index contributed by atoms with van der Waals surface area (Å²) in [7, 11) is 0. The van der Waals surface area contributed by atoms with Gasteiger partial charge in [-0.1, -0.05) is 12.1 Å². The fourth-order valence-corrected chi connectivity index (χ4v) is 3.88. The van der Waals surface area contributed by atoms with Gasteiger partial charge in [-0.2, -0.15) is 0 Å². The largest absolute Gasteiger partial charge is 0.469 e. The second-order valence-corrected chi connectivity index (χ2v) is 6.92. The van der Waals surface area contributed by atoms with Gasteiger partial charge in [0.2, 0.25) is 5.91 Å². The highest BCUT2D eigenvalue weighted by Gasteiger charge is 2.36. The van der Waals surface area contributed by atoms with E-state index in [9.17, 15) is 9.59 Å². The van der Waals surface area contributed by atoms with Crippen LogP contribution in [0, 0.1) is 20.8 Å². The van der Waals surface area contributed by atoms with Crippen LogP contribution in [-0.4, -0.2) is 34.4 Å². The fraction of sp³-hybridized carbons (Fsp3) is 0.333. The number of hydrogen-bond donors (Lipinski definition) is 1. The molecule has 0 spiro atoms. The van der Waals surface area contributed by atoms with E-state index in [0.717, 1.165) is 16.8 Å². The lowest BCUT2D eigenvalue weighted by atomic mass is 10.1. The molecule has 0 aliphatic carbocycles. The van der Waals surface area contributed by atoms with Crippen molar-refractivity contribution in [3.05, 3.63) is 53.0 Å². The first-order valence-corrected chi connectivity index (χ1v) is 8.94. The number of nitrogens with zero attached hydrogens (tertiary/aromatic N) is 1. The molecule has 3 rings (SSSR count). The molecule has 0 saturated carbocycles. The molecule has 0 bridgehead atoms. The Labute approximate surface area is 145 Å². The van der Waals surface area contributed by atoms with Crippen LogP contribution in [0.15, 0.2) is 34.9 Å². The predicted octanol–water partition coefficient (Wildman–Crippen LogP) is 3.36. The number of rotatable bonds is 3. The maximum absolute atomic E-state index is 12.7. The Morgan fingerprint density at radius 2 is 2.04 bits per heavy atom. The number of anilines is 1. The van der Waals surface area contributed by atoms with Crippen LogP contribution in [0.1, 0.15) is 27.2 Å². The normalized spacial score (nSPS) is 17.1. The van der Waals surface area contributed by atoms with Crippen molar-refractivity contribution in [1.82, 2.24) is 4.90 Å². The Kier molecular flexibility index (Phi) is 4.66. The molecule has 1 aromatic carbocycles. The zero-order valence-electron chi connectivity index (χ0n) is 14.0. The van der Waals surface area contributed by atoms with Crippen molar-refractivity contribution in [2.75, 3.05) is 16.9 Å². The van der Waals surface area contributed by atoms with Crippen LogP contribution in [-0.2, 0) is 4.79 Å². The van der Waals surface area contributed by atoms with E-state index in [-0.39, 0.29) is 11.8 Å². The number of thioether (sulfide) groups is 1. The van der Waals surface area contributed by atoms with Gasteiger partial charge < -0.3 is 14.6 Å². The van der Waals surface area contributed by atoms with Crippen LogP contribution < -0.4 is 5.32 Å². The molecule has 1 atom stereocenters. The van der Waals surface area contributed by atoms with Crippen molar-refractivity contribution in [2.24, 2.45) is 0 Å². The van der Waals surface area contributed by atoms with Gasteiger partial charge in [-0.05, 0) is 44.0 Å². The summed E-state index contributed by atoms with van der Waals surface area (Å²) in [5.74, 6) is 1.37. The lowest BCUT2D eigenvalue weighted by Gasteiger charge is -2.23. The molecular formula is C18H20N2O3S. The summed E-state index contributed by atoms with van der Waals surface area (Å²) in [4.78, 5) is 27.0. The monoisotopic (exact) mass is 344 g/mol. The third-order valence-electron chi connectivity index (χ3n) is 4.40. The highest BCUT2D eigenvalue weighted by molar-refractivity contribution is 7.99. The van der Waals surface area contributed by atoms with Crippen molar-refractivity contribution in [3.63, 3.8) is 0 Å². The molecule has 2 aromatic rings. The lowest BCUT2D eigenvalue weighted by Crippen LogP contribution is -2.44. The van der Waals surface area contributed by atoms with E-state index < -0.39 is 6.04 Å². The molecule has 6 heteroatoms. The number of benzene rings is 1. The first-order valence-electron chi connectivity index (χ1n) is 7.79. The minimum absolute atomic E-state index is 0.150. The van der Waals surface area contributed by atoms with E-state index in [2.05, 4.69) is 5.32 Å². The van der Waals surface area contributed by atoms with Crippen LogP contribution in [0.25, 0.3) is 0 Å². The zero-order chi connectivity index (χ0) is 17.3. The third kappa shape index (κ3) is 3.06. The van der Waals surface area contributed by atoms with Crippen molar-refractivity contribution < 1.29 is 14.0 Å². The van der Waals surface area contributed by atoms with Crippen LogP contribution in [0.2, 0.25) is 0 Å². The summed E-state index contributed by atoms with van der Waals surface area (Å²) in [5, 5.41) is 2.97. The Hall–Kier alpha value is -2.21. The quantitative estimate of drug-likeness (QED) is 0.927.